The van der Waals surface area contributed by atoms with Crippen molar-refractivity contribution in [2.24, 2.45) is 0 Å². The van der Waals surface area contributed by atoms with Gasteiger partial charge in [-0.25, -0.2) is 4.98 Å². The van der Waals surface area contributed by atoms with E-state index in [9.17, 15) is 9.59 Å². The zero-order chi connectivity index (χ0) is 24.8. The van der Waals surface area contributed by atoms with Gasteiger partial charge in [-0.3, -0.25) is 14.2 Å². The summed E-state index contributed by atoms with van der Waals surface area (Å²) in [6, 6.07) is 20.6. The van der Waals surface area contributed by atoms with E-state index in [1.165, 1.54) is 11.8 Å². The molecule has 0 spiro atoms. The molecule has 3 aromatic carbocycles. The van der Waals surface area contributed by atoms with Crippen molar-refractivity contribution in [3.63, 3.8) is 0 Å². The Hall–Kier alpha value is -3.78. The first-order valence-electron chi connectivity index (χ1n) is 11.2. The summed E-state index contributed by atoms with van der Waals surface area (Å²) in [5, 5.41) is 3.95. The number of aryl methyl sites for hydroxylation is 2. The summed E-state index contributed by atoms with van der Waals surface area (Å²) in [4.78, 5) is 30.6. The zero-order valence-electron chi connectivity index (χ0n) is 19.9. The molecule has 0 aliphatic rings. The van der Waals surface area contributed by atoms with Gasteiger partial charge in [-0.1, -0.05) is 47.7 Å². The van der Waals surface area contributed by atoms with Crippen LogP contribution in [0.15, 0.2) is 76.7 Å². The van der Waals surface area contributed by atoms with Crippen molar-refractivity contribution >= 4 is 34.3 Å². The first kappa shape index (κ1) is 24.3. The first-order valence-corrected chi connectivity index (χ1v) is 12.2. The topological polar surface area (TPSA) is 82.5 Å². The molecule has 7 nitrogen and oxygen atoms in total. The van der Waals surface area contributed by atoms with E-state index in [0.717, 1.165) is 16.8 Å². The van der Waals surface area contributed by atoms with Crippen LogP contribution in [0.3, 0.4) is 0 Å². The van der Waals surface area contributed by atoms with E-state index < -0.39 is 0 Å². The Morgan fingerprint density at radius 1 is 1.00 bits per heavy atom. The van der Waals surface area contributed by atoms with Crippen molar-refractivity contribution in [1.29, 1.82) is 0 Å². The quantitative estimate of drug-likeness (QED) is 0.271. The third kappa shape index (κ3) is 5.84. The van der Waals surface area contributed by atoms with Crippen molar-refractivity contribution in [1.82, 2.24) is 9.55 Å². The number of rotatable bonds is 9. The molecular weight excluding hydrogens is 462 g/mol. The molecule has 0 aliphatic heterocycles. The summed E-state index contributed by atoms with van der Waals surface area (Å²) in [6.45, 7) is 2.40. The van der Waals surface area contributed by atoms with Crippen LogP contribution in [0.1, 0.15) is 11.1 Å². The van der Waals surface area contributed by atoms with E-state index in [1.807, 2.05) is 67.6 Å². The number of hydrogen-bond donors (Lipinski definition) is 1. The number of aromatic nitrogens is 2. The smallest absolute Gasteiger partial charge is 0.262 e. The van der Waals surface area contributed by atoms with Gasteiger partial charge in [0.05, 0.1) is 30.9 Å². The molecule has 1 heterocycles. The Morgan fingerprint density at radius 2 is 1.74 bits per heavy atom. The van der Waals surface area contributed by atoms with Crippen molar-refractivity contribution in [2.45, 2.75) is 25.0 Å². The lowest BCUT2D eigenvalue weighted by Gasteiger charge is -2.14. The molecule has 35 heavy (non-hydrogen) atoms. The Morgan fingerprint density at radius 3 is 2.49 bits per heavy atom. The summed E-state index contributed by atoms with van der Waals surface area (Å²) in [5.41, 5.74) is 3.34. The number of anilines is 1. The van der Waals surface area contributed by atoms with Gasteiger partial charge < -0.3 is 14.8 Å². The fourth-order valence-corrected chi connectivity index (χ4v) is 4.52. The van der Waals surface area contributed by atoms with E-state index in [4.69, 9.17) is 14.5 Å². The molecule has 1 N–H and O–H groups in total. The summed E-state index contributed by atoms with van der Waals surface area (Å²) in [7, 11) is 3.19. The van der Waals surface area contributed by atoms with Gasteiger partial charge in [0, 0.05) is 12.2 Å². The molecule has 1 amide bonds. The molecule has 4 rings (SSSR count). The Labute approximate surface area is 208 Å². The van der Waals surface area contributed by atoms with E-state index in [1.54, 1.807) is 24.9 Å². The predicted octanol–water partition coefficient (Wildman–Crippen LogP) is 4.70. The number of benzene rings is 3. The maximum Gasteiger partial charge on any atom is 0.262 e. The van der Waals surface area contributed by atoms with Gasteiger partial charge in [0.2, 0.25) is 5.91 Å². The Balaban J connectivity index is 1.56. The first-order chi connectivity index (χ1) is 17.0. The lowest BCUT2D eigenvalue weighted by Crippen LogP contribution is -2.25. The van der Waals surface area contributed by atoms with Crippen LogP contribution in [-0.4, -0.2) is 35.4 Å². The highest BCUT2D eigenvalue weighted by Crippen LogP contribution is 2.28. The molecule has 0 unspecified atom stereocenters. The number of nitrogens with one attached hydrogen (secondary N) is 1. The molecule has 0 aliphatic carbocycles. The minimum absolute atomic E-state index is 0.127. The van der Waals surface area contributed by atoms with Crippen LogP contribution in [-0.2, 0) is 17.8 Å². The average molecular weight is 490 g/mol. The van der Waals surface area contributed by atoms with Crippen LogP contribution in [0.25, 0.3) is 10.9 Å². The van der Waals surface area contributed by atoms with Crippen molar-refractivity contribution < 1.29 is 14.3 Å². The fraction of sp³-hybridized carbons (Fsp3) is 0.222. The molecular formula is C27H27N3O4S. The van der Waals surface area contributed by atoms with Crippen LogP contribution in [0.5, 0.6) is 11.5 Å². The molecule has 1 aromatic heterocycles. The molecule has 0 radical (unpaired) electrons. The van der Waals surface area contributed by atoms with E-state index >= 15 is 0 Å². The number of methoxy groups -OCH3 is 2. The average Bonchev–Trinajstić information content (AvgIpc) is 2.88. The monoisotopic (exact) mass is 489 g/mol. The predicted molar refractivity (Wildman–Crippen MR) is 140 cm³/mol. The molecule has 0 atom stereocenters. The number of amides is 1. The van der Waals surface area contributed by atoms with Crippen LogP contribution >= 0.6 is 11.8 Å². The second-order valence-electron chi connectivity index (χ2n) is 8.01. The van der Waals surface area contributed by atoms with Crippen LogP contribution in [0.4, 0.5) is 5.69 Å². The fourth-order valence-electron chi connectivity index (χ4n) is 3.70. The number of para-hydroxylation sites is 1. The highest BCUT2D eigenvalue weighted by atomic mass is 32.2. The summed E-state index contributed by atoms with van der Waals surface area (Å²) >= 11 is 1.25. The maximum atomic E-state index is 13.3. The third-order valence-electron chi connectivity index (χ3n) is 5.57. The second-order valence-corrected chi connectivity index (χ2v) is 8.95. The largest absolute Gasteiger partial charge is 0.493 e. The van der Waals surface area contributed by atoms with Gasteiger partial charge in [-0.05, 0) is 55.3 Å². The summed E-state index contributed by atoms with van der Waals surface area (Å²) < 4.78 is 12.4. The lowest BCUT2D eigenvalue weighted by molar-refractivity contribution is -0.113. The number of thioether (sulfide) groups is 1. The third-order valence-corrected chi connectivity index (χ3v) is 6.54. The van der Waals surface area contributed by atoms with Gasteiger partial charge in [-0.2, -0.15) is 0 Å². The van der Waals surface area contributed by atoms with E-state index in [0.29, 0.717) is 40.5 Å². The lowest BCUT2D eigenvalue weighted by atomic mass is 10.1. The highest BCUT2D eigenvalue weighted by Gasteiger charge is 2.14. The number of ether oxygens (including phenoxy) is 2. The molecule has 180 valence electrons. The SMILES string of the molecule is COc1ccc(CCn2c(SCC(=O)Nc3ccc(C)cc3)nc3ccccc3c2=O)cc1OC. The normalized spacial score (nSPS) is 10.8. The number of carbonyl (C=O) groups excluding carboxylic acids is 1. The molecule has 8 heteroatoms. The molecule has 4 aromatic rings. The molecule has 0 bridgehead atoms. The molecule has 0 saturated heterocycles. The minimum atomic E-state index is -0.160. The molecule has 0 saturated carbocycles. The summed E-state index contributed by atoms with van der Waals surface area (Å²) in [6.07, 6.45) is 0.587. The zero-order valence-corrected chi connectivity index (χ0v) is 20.7. The minimum Gasteiger partial charge on any atom is -0.493 e. The van der Waals surface area contributed by atoms with Crippen molar-refractivity contribution in [3.05, 3.63) is 88.2 Å². The van der Waals surface area contributed by atoms with Crippen LogP contribution in [0, 0.1) is 6.92 Å². The van der Waals surface area contributed by atoms with Gasteiger partial charge in [0.25, 0.3) is 5.56 Å². The number of hydrogen-bond acceptors (Lipinski definition) is 6. The maximum absolute atomic E-state index is 13.3. The number of nitrogens with zero attached hydrogens (tertiary/aromatic N) is 2. The number of fused-ring (bicyclic) bond motifs is 1. The van der Waals surface area contributed by atoms with Crippen LogP contribution < -0.4 is 20.3 Å². The van der Waals surface area contributed by atoms with Gasteiger partial charge in [0.1, 0.15) is 0 Å². The second kappa shape index (κ2) is 11.1. The van der Waals surface area contributed by atoms with Gasteiger partial charge in [0.15, 0.2) is 16.7 Å². The number of carbonyl (C=O) groups is 1. The van der Waals surface area contributed by atoms with Crippen molar-refractivity contribution in [2.75, 3.05) is 25.3 Å². The van der Waals surface area contributed by atoms with Crippen molar-refractivity contribution in [3.8, 4) is 11.5 Å². The summed E-state index contributed by atoms with van der Waals surface area (Å²) in [5.74, 6) is 1.26. The van der Waals surface area contributed by atoms with E-state index in [2.05, 4.69) is 5.32 Å². The highest BCUT2D eigenvalue weighted by molar-refractivity contribution is 7.99. The Bertz CT molecular complexity index is 1400. The molecule has 0 fully saturated rings. The van der Waals surface area contributed by atoms with Gasteiger partial charge >= 0.3 is 0 Å². The standard InChI is InChI=1S/C27H27N3O4S/c1-18-8-11-20(12-9-18)28-25(31)17-35-27-29-22-7-5-4-6-21(22)26(32)30(27)15-14-19-10-13-23(33-2)24(16-19)34-3/h4-13,16H,14-15,17H2,1-3H3,(H,28,31). The van der Waals surface area contributed by atoms with Crippen LogP contribution in [0.2, 0.25) is 0 Å². The van der Waals surface area contributed by atoms with Gasteiger partial charge in [-0.15, -0.1) is 0 Å². The van der Waals surface area contributed by atoms with E-state index in [-0.39, 0.29) is 17.2 Å². The Kier molecular flexibility index (Phi) is 7.72.